The van der Waals surface area contributed by atoms with Crippen LogP contribution >= 0.6 is 0 Å². The number of phenols is 1. The molecule has 1 aromatic rings. The van der Waals surface area contributed by atoms with E-state index in [9.17, 15) is 9.90 Å². The first kappa shape index (κ1) is 11.5. The molecule has 0 heterocycles. The molecule has 0 aromatic heterocycles. The number of aromatic hydroxyl groups is 1. The van der Waals surface area contributed by atoms with Crippen LogP contribution in [-0.2, 0) is 16.6 Å². The number of benzene rings is 1. The molecule has 1 N–H and O–H groups in total. The Labute approximate surface area is 107 Å². The molecule has 2 aliphatic rings. The average Bonchev–Trinajstić information content (AvgIpc) is 2.31. The standard InChI is InChI=1S/C16H18O2/c1-10-7-14(18)9-12-4-3-11-8-13(17)5-6-15(11)16(10,12)2/h5-6,8-10,17H,3-4,7H2,1-2H3. The van der Waals surface area contributed by atoms with Crippen LogP contribution in [0, 0.1) is 5.92 Å². The average molecular weight is 242 g/mol. The van der Waals surface area contributed by atoms with Crippen molar-refractivity contribution in [3.8, 4) is 5.75 Å². The van der Waals surface area contributed by atoms with Crippen molar-refractivity contribution in [3.63, 3.8) is 0 Å². The van der Waals surface area contributed by atoms with Crippen molar-refractivity contribution in [2.24, 2.45) is 5.92 Å². The third kappa shape index (κ3) is 1.45. The lowest BCUT2D eigenvalue weighted by atomic mass is 9.58. The Bertz CT molecular complexity index is 556. The van der Waals surface area contributed by atoms with Gasteiger partial charge in [0.15, 0.2) is 5.78 Å². The van der Waals surface area contributed by atoms with E-state index in [1.807, 2.05) is 18.2 Å². The van der Waals surface area contributed by atoms with Gasteiger partial charge in [-0.25, -0.2) is 0 Å². The normalized spacial score (nSPS) is 30.4. The van der Waals surface area contributed by atoms with Crippen molar-refractivity contribution < 1.29 is 9.90 Å². The van der Waals surface area contributed by atoms with Crippen LogP contribution < -0.4 is 0 Å². The predicted molar refractivity (Wildman–Crippen MR) is 70.7 cm³/mol. The zero-order valence-electron chi connectivity index (χ0n) is 10.9. The smallest absolute Gasteiger partial charge is 0.155 e. The maximum atomic E-state index is 11.7. The molecule has 18 heavy (non-hydrogen) atoms. The van der Waals surface area contributed by atoms with E-state index in [1.54, 1.807) is 6.07 Å². The Hall–Kier alpha value is -1.57. The molecule has 2 unspecified atom stereocenters. The third-order valence-electron chi connectivity index (χ3n) is 4.81. The monoisotopic (exact) mass is 242 g/mol. The largest absolute Gasteiger partial charge is 0.508 e. The van der Waals surface area contributed by atoms with Crippen molar-refractivity contribution in [1.82, 2.24) is 0 Å². The summed E-state index contributed by atoms with van der Waals surface area (Å²) in [6.07, 6.45) is 4.34. The molecule has 0 radical (unpaired) electrons. The predicted octanol–water partition coefficient (Wildman–Crippen LogP) is 3.13. The topological polar surface area (TPSA) is 37.3 Å². The van der Waals surface area contributed by atoms with Crippen LogP contribution in [0.3, 0.4) is 0 Å². The second-order valence-electron chi connectivity index (χ2n) is 5.78. The van der Waals surface area contributed by atoms with Crippen molar-refractivity contribution in [2.45, 2.75) is 38.5 Å². The fraction of sp³-hybridized carbons (Fsp3) is 0.438. The van der Waals surface area contributed by atoms with Gasteiger partial charge in [-0.15, -0.1) is 0 Å². The summed E-state index contributed by atoms with van der Waals surface area (Å²) in [4.78, 5) is 11.7. The quantitative estimate of drug-likeness (QED) is 0.759. The van der Waals surface area contributed by atoms with Crippen molar-refractivity contribution in [1.29, 1.82) is 0 Å². The van der Waals surface area contributed by atoms with E-state index in [0.717, 1.165) is 12.8 Å². The number of rotatable bonds is 0. The molecule has 2 nitrogen and oxygen atoms in total. The van der Waals surface area contributed by atoms with E-state index < -0.39 is 0 Å². The summed E-state index contributed by atoms with van der Waals surface area (Å²) >= 11 is 0. The third-order valence-corrected chi connectivity index (χ3v) is 4.81. The Morgan fingerprint density at radius 1 is 1.33 bits per heavy atom. The summed E-state index contributed by atoms with van der Waals surface area (Å²) in [6, 6.07) is 5.67. The summed E-state index contributed by atoms with van der Waals surface area (Å²) in [7, 11) is 0. The number of hydrogen-bond donors (Lipinski definition) is 1. The molecule has 0 saturated carbocycles. The highest BCUT2D eigenvalue weighted by atomic mass is 16.3. The highest BCUT2D eigenvalue weighted by molar-refractivity contribution is 5.92. The molecule has 2 heteroatoms. The van der Waals surface area contributed by atoms with Gasteiger partial charge in [-0.3, -0.25) is 4.79 Å². The number of ketones is 1. The summed E-state index contributed by atoms with van der Waals surface area (Å²) < 4.78 is 0. The lowest BCUT2D eigenvalue weighted by Crippen LogP contribution is -2.40. The minimum atomic E-state index is -0.0325. The zero-order valence-corrected chi connectivity index (χ0v) is 10.9. The SMILES string of the molecule is CC1CC(=O)C=C2CCc3cc(O)ccc3C21C. The fourth-order valence-electron chi connectivity index (χ4n) is 3.56. The fourth-order valence-corrected chi connectivity index (χ4v) is 3.56. The molecule has 2 atom stereocenters. The second kappa shape index (κ2) is 3.71. The molecule has 2 aliphatic carbocycles. The van der Waals surface area contributed by atoms with Crippen LogP contribution in [0.15, 0.2) is 29.8 Å². The van der Waals surface area contributed by atoms with Gasteiger partial charge in [0.1, 0.15) is 5.75 Å². The number of hydrogen-bond acceptors (Lipinski definition) is 2. The van der Waals surface area contributed by atoms with Gasteiger partial charge < -0.3 is 5.11 Å². The molecule has 0 saturated heterocycles. The lowest BCUT2D eigenvalue weighted by molar-refractivity contribution is -0.116. The van der Waals surface area contributed by atoms with E-state index in [1.165, 1.54) is 16.7 Å². The van der Waals surface area contributed by atoms with Crippen LogP contribution in [0.2, 0.25) is 0 Å². The van der Waals surface area contributed by atoms with E-state index in [4.69, 9.17) is 0 Å². The number of phenolic OH excluding ortho intramolecular Hbond substituents is 1. The van der Waals surface area contributed by atoms with E-state index in [2.05, 4.69) is 13.8 Å². The van der Waals surface area contributed by atoms with Crippen molar-refractivity contribution >= 4 is 5.78 Å². The molecule has 0 bridgehead atoms. The van der Waals surface area contributed by atoms with Crippen molar-refractivity contribution in [2.75, 3.05) is 0 Å². The molecule has 0 aliphatic heterocycles. The molecule has 0 spiro atoms. The van der Waals surface area contributed by atoms with Crippen LogP contribution in [0.4, 0.5) is 0 Å². The molecule has 1 aromatic carbocycles. The van der Waals surface area contributed by atoms with E-state index in [-0.39, 0.29) is 11.2 Å². The summed E-state index contributed by atoms with van der Waals surface area (Å²) in [5, 5.41) is 9.61. The van der Waals surface area contributed by atoms with E-state index in [0.29, 0.717) is 18.1 Å². The van der Waals surface area contributed by atoms with Crippen molar-refractivity contribution in [3.05, 3.63) is 41.0 Å². The molecule has 94 valence electrons. The van der Waals surface area contributed by atoms with Gasteiger partial charge in [-0.1, -0.05) is 25.5 Å². The minimum Gasteiger partial charge on any atom is -0.508 e. The Kier molecular flexibility index (Phi) is 2.37. The number of aryl methyl sites for hydroxylation is 1. The first-order valence-electron chi connectivity index (χ1n) is 6.58. The number of allylic oxidation sites excluding steroid dienone is 2. The maximum absolute atomic E-state index is 11.7. The van der Waals surface area contributed by atoms with Gasteiger partial charge in [-0.2, -0.15) is 0 Å². The van der Waals surface area contributed by atoms with Crippen LogP contribution in [-0.4, -0.2) is 10.9 Å². The summed E-state index contributed by atoms with van der Waals surface area (Å²) in [5.74, 6) is 0.926. The molecular formula is C16H18O2. The van der Waals surface area contributed by atoms with Crippen LogP contribution in [0.5, 0.6) is 5.75 Å². The van der Waals surface area contributed by atoms with Gasteiger partial charge in [0.05, 0.1) is 0 Å². The van der Waals surface area contributed by atoms with Crippen LogP contribution in [0.1, 0.15) is 37.8 Å². The number of carbonyl (C=O) groups excluding carboxylic acids is 1. The maximum Gasteiger partial charge on any atom is 0.155 e. The van der Waals surface area contributed by atoms with Gasteiger partial charge >= 0.3 is 0 Å². The van der Waals surface area contributed by atoms with Gasteiger partial charge in [0, 0.05) is 11.8 Å². The molecule has 0 amide bonds. The molecular weight excluding hydrogens is 224 g/mol. The first-order chi connectivity index (χ1) is 8.51. The summed E-state index contributed by atoms with van der Waals surface area (Å²) in [6.45, 7) is 4.40. The Morgan fingerprint density at radius 3 is 2.89 bits per heavy atom. The molecule has 0 fully saturated rings. The zero-order chi connectivity index (χ0) is 12.9. The van der Waals surface area contributed by atoms with Gasteiger partial charge in [0.25, 0.3) is 0 Å². The van der Waals surface area contributed by atoms with E-state index >= 15 is 0 Å². The van der Waals surface area contributed by atoms with Crippen LogP contribution in [0.25, 0.3) is 0 Å². The highest BCUT2D eigenvalue weighted by Crippen LogP contribution is 2.49. The Morgan fingerprint density at radius 2 is 2.11 bits per heavy atom. The highest BCUT2D eigenvalue weighted by Gasteiger charge is 2.43. The van der Waals surface area contributed by atoms with Gasteiger partial charge in [-0.05, 0) is 48.1 Å². The van der Waals surface area contributed by atoms with Gasteiger partial charge in [0.2, 0.25) is 0 Å². The second-order valence-corrected chi connectivity index (χ2v) is 5.78. The first-order valence-corrected chi connectivity index (χ1v) is 6.58. The summed E-state index contributed by atoms with van der Waals surface area (Å²) in [5.41, 5.74) is 3.76. The minimum absolute atomic E-state index is 0.0325. The number of fused-ring (bicyclic) bond motifs is 3. The molecule has 3 rings (SSSR count). The Balaban J connectivity index is 2.21. The lowest BCUT2D eigenvalue weighted by Gasteiger charge is -2.45. The number of carbonyl (C=O) groups is 1.